The van der Waals surface area contributed by atoms with E-state index in [2.05, 4.69) is 0 Å². The molecular weight excluding hydrogens is 350 g/mol. The Morgan fingerprint density at radius 2 is 2.04 bits per heavy atom. The zero-order valence-electron chi connectivity index (χ0n) is 14.5. The molecule has 1 amide bonds. The summed E-state index contributed by atoms with van der Waals surface area (Å²) in [6.45, 7) is 0.909. The highest BCUT2D eigenvalue weighted by Gasteiger charge is 2.26. The molecule has 0 aliphatic carbocycles. The molecule has 4 rings (SSSR count). The van der Waals surface area contributed by atoms with Crippen LogP contribution in [-0.4, -0.2) is 21.9 Å². The van der Waals surface area contributed by atoms with Crippen molar-refractivity contribution in [2.45, 2.75) is 25.8 Å². The highest BCUT2D eigenvalue weighted by molar-refractivity contribution is 5.95. The van der Waals surface area contributed by atoms with E-state index in [4.69, 9.17) is 4.42 Å². The lowest BCUT2D eigenvalue weighted by molar-refractivity contribution is -0.384. The molecule has 3 aromatic rings. The second-order valence-corrected chi connectivity index (χ2v) is 6.46. The number of aromatic nitrogens is 1. The topological polar surface area (TPSA) is 98.6 Å². The van der Waals surface area contributed by atoms with Crippen molar-refractivity contribution in [3.63, 3.8) is 0 Å². The smallest absolute Gasteiger partial charge is 0.408 e. The van der Waals surface area contributed by atoms with E-state index in [1.165, 1.54) is 16.7 Å². The highest BCUT2D eigenvalue weighted by atomic mass is 16.6. The fourth-order valence-corrected chi connectivity index (χ4v) is 3.51. The first-order valence-electron chi connectivity index (χ1n) is 8.70. The molecule has 0 spiro atoms. The van der Waals surface area contributed by atoms with E-state index in [-0.39, 0.29) is 18.0 Å². The Morgan fingerprint density at radius 3 is 2.85 bits per heavy atom. The third-order valence-electron chi connectivity index (χ3n) is 4.82. The molecule has 8 heteroatoms. The van der Waals surface area contributed by atoms with E-state index >= 15 is 0 Å². The average Bonchev–Trinajstić information content (AvgIpc) is 3.22. The molecule has 8 nitrogen and oxygen atoms in total. The molecule has 0 saturated heterocycles. The number of hydrogen-bond acceptors (Lipinski definition) is 5. The summed E-state index contributed by atoms with van der Waals surface area (Å²) < 4.78 is 6.72. The number of para-hydroxylation sites is 2. The molecule has 1 aromatic heterocycles. The molecule has 0 bridgehead atoms. The molecule has 0 unspecified atom stereocenters. The van der Waals surface area contributed by atoms with Crippen LogP contribution in [-0.2, 0) is 17.8 Å². The van der Waals surface area contributed by atoms with Crippen LogP contribution in [0.1, 0.15) is 18.4 Å². The number of oxazole rings is 1. The minimum Gasteiger partial charge on any atom is -0.408 e. The van der Waals surface area contributed by atoms with Crippen molar-refractivity contribution in [1.82, 2.24) is 4.57 Å². The van der Waals surface area contributed by atoms with Crippen molar-refractivity contribution in [2.75, 3.05) is 11.4 Å². The maximum atomic E-state index is 12.6. The van der Waals surface area contributed by atoms with Gasteiger partial charge in [0.25, 0.3) is 5.69 Å². The van der Waals surface area contributed by atoms with Gasteiger partial charge in [-0.05, 0) is 36.6 Å². The van der Waals surface area contributed by atoms with Crippen LogP contribution in [0, 0.1) is 10.1 Å². The molecular formula is C19H17N3O5. The molecule has 0 N–H and O–H groups in total. The number of non-ortho nitro benzene ring substituents is 1. The first kappa shape index (κ1) is 17.0. The summed E-state index contributed by atoms with van der Waals surface area (Å²) in [6, 6.07) is 11.8. The van der Waals surface area contributed by atoms with Crippen molar-refractivity contribution in [3.05, 3.63) is 68.7 Å². The van der Waals surface area contributed by atoms with Gasteiger partial charge in [0.2, 0.25) is 5.91 Å². The molecule has 2 heterocycles. The third kappa shape index (κ3) is 3.10. The van der Waals surface area contributed by atoms with Gasteiger partial charge in [0.05, 0.1) is 10.4 Å². The minimum absolute atomic E-state index is 0.0364. The Balaban J connectivity index is 1.43. The maximum Gasteiger partial charge on any atom is 0.419 e. The lowest BCUT2D eigenvalue weighted by Gasteiger charge is -2.17. The Labute approximate surface area is 153 Å². The molecule has 1 aliphatic heterocycles. The van der Waals surface area contributed by atoms with Gasteiger partial charge in [0.15, 0.2) is 5.58 Å². The Morgan fingerprint density at radius 1 is 1.22 bits per heavy atom. The summed E-state index contributed by atoms with van der Waals surface area (Å²) in [5, 5.41) is 10.9. The van der Waals surface area contributed by atoms with Crippen LogP contribution in [0.5, 0.6) is 0 Å². The number of benzene rings is 2. The minimum atomic E-state index is -0.433. The maximum absolute atomic E-state index is 12.6. The zero-order chi connectivity index (χ0) is 19.0. The van der Waals surface area contributed by atoms with E-state index < -0.39 is 10.7 Å². The number of carbonyl (C=O) groups excluding carboxylic acids is 1. The van der Waals surface area contributed by atoms with Gasteiger partial charge in [-0.25, -0.2) is 4.79 Å². The van der Waals surface area contributed by atoms with Gasteiger partial charge in [-0.2, -0.15) is 0 Å². The van der Waals surface area contributed by atoms with Gasteiger partial charge in [0, 0.05) is 37.3 Å². The van der Waals surface area contributed by atoms with Crippen molar-refractivity contribution >= 4 is 28.4 Å². The second-order valence-electron chi connectivity index (χ2n) is 6.46. The van der Waals surface area contributed by atoms with Gasteiger partial charge in [-0.1, -0.05) is 12.1 Å². The van der Waals surface area contributed by atoms with Crippen molar-refractivity contribution in [1.29, 1.82) is 0 Å². The predicted octanol–water partition coefficient (Wildman–Crippen LogP) is 2.87. The molecule has 138 valence electrons. The van der Waals surface area contributed by atoms with E-state index in [0.717, 1.165) is 11.3 Å². The number of anilines is 1. The first-order valence-corrected chi connectivity index (χ1v) is 8.70. The molecule has 0 fully saturated rings. The van der Waals surface area contributed by atoms with E-state index in [1.54, 1.807) is 23.1 Å². The number of nitro benzene ring substituents is 1. The van der Waals surface area contributed by atoms with Crippen LogP contribution in [0.2, 0.25) is 0 Å². The van der Waals surface area contributed by atoms with Crippen molar-refractivity contribution < 1.29 is 14.1 Å². The van der Waals surface area contributed by atoms with Gasteiger partial charge < -0.3 is 9.32 Å². The Bertz CT molecular complexity index is 1100. The van der Waals surface area contributed by atoms with Crippen LogP contribution in [0.3, 0.4) is 0 Å². The summed E-state index contributed by atoms with van der Waals surface area (Å²) in [7, 11) is 0. The summed E-state index contributed by atoms with van der Waals surface area (Å²) in [6.07, 6.45) is 1.39. The lowest BCUT2D eigenvalue weighted by Crippen LogP contribution is -2.29. The van der Waals surface area contributed by atoms with Crippen LogP contribution in [0.15, 0.2) is 51.7 Å². The normalized spacial score (nSPS) is 13.1. The second kappa shape index (κ2) is 6.71. The highest BCUT2D eigenvalue weighted by Crippen LogP contribution is 2.31. The van der Waals surface area contributed by atoms with Crippen LogP contribution < -0.4 is 10.7 Å². The Hall–Kier alpha value is -3.42. The van der Waals surface area contributed by atoms with Gasteiger partial charge >= 0.3 is 5.76 Å². The van der Waals surface area contributed by atoms with E-state index in [1.807, 2.05) is 12.1 Å². The predicted molar refractivity (Wildman–Crippen MR) is 98.9 cm³/mol. The molecule has 2 aromatic carbocycles. The number of carbonyl (C=O) groups is 1. The molecule has 0 radical (unpaired) electrons. The molecule has 0 atom stereocenters. The van der Waals surface area contributed by atoms with Crippen LogP contribution in [0.4, 0.5) is 11.4 Å². The number of aryl methyl sites for hydroxylation is 1. The van der Waals surface area contributed by atoms with Gasteiger partial charge in [0.1, 0.15) is 0 Å². The molecule has 0 saturated carbocycles. The molecule has 1 aliphatic rings. The number of nitro groups is 1. The van der Waals surface area contributed by atoms with Crippen LogP contribution >= 0.6 is 0 Å². The summed E-state index contributed by atoms with van der Waals surface area (Å²) in [5.41, 5.74) is 2.83. The standard InChI is InChI=1S/C19H17N3O5/c23-18(20-11-9-13-12-14(22(25)26)7-8-15(13)20)6-3-10-21-16-4-1-2-5-17(16)27-19(21)24/h1-2,4-5,7-8,12H,3,6,9-11H2. The zero-order valence-corrected chi connectivity index (χ0v) is 14.5. The third-order valence-corrected chi connectivity index (χ3v) is 4.82. The van der Waals surface area contributed by atoms with Crippen molar-refractivity contribution in [3.8, 4) is 0 Å². The lowest BCUT2D eigenvalue weighted by atomic mass is 10.1. The monoisotopic (exact) mass is 367 g/mol. The number of rotatable bonds is 5. The van der Waals surface area contributed by atoms with Crippen LogP contribution in [0.25, 0.3) is 11.1 Å². The summed E-state index contributed by atoms with van der Waals surface area (Å²) in [5.74, 6) is -0.481. The largest absolute Gasteiger partial charge is 0.419 e. The fourth-order valence-electron chi connectivity index (χ4n) is 3.51. The van der Waals surface area contributed by atoms with Crippen molar-refractivity contribution in [2.24, 2.45) is 0 Å². The van der Waals surface area contributed by atoms with E-state index in [0.29, 0.717) is 37.0 Å². The number of amides is 1. The van der Waals surface area contributed by atoms with E-state index in [9.17, 15) is 19.7 Å². The quantitative estimate of drug-likeness (QED) is 0.510. The SMILES string of the molecule is O=C(CCCn1c(=O)oc2ccccc21)N1CCc2cc([N+](=O)[O-])ccc21. The summed E-state index contributed by atoms with van der Waals surface area (Å²) >= 11 is 0. The fraction of sp³-hybridized carbons (Fsp3) is 0.263. The average molecular weight is 367 g/mol. The Kier molecular flexibility index (Phi) is 4.23. The number of nitrogens with zero attached hydrogens (tertiary/aromatic N) is 3. The summed E-state index contributed by atoms with van der Waals surface area (Å²) in [4.78, 5) is 36.7. The number of fused-ring (bicyclic) bond motifs is 2. The van der Waals surface area contributed by atoms with Gasteiger partial charge in [-0.15, -0.1) is 0 Å². The first-order chi connectivity index (χ1) is 13.0. The molecule has 27 heavy (non-hydrogen) atoms. The number of hydrogen-bond donors (Lipinski definition) is 0. The van der Waals surface area contributed by atoms with Gasteiger partial charge in [-0.3, -0.25) is 19.5 Å².